The van der Waals surface area contributed by atoms with Crippen LogP contribution in [0.5, 0.6) is 0 Å². The minimum atomic E-state index is -0.273. The van der Waals surface area contributed by atoms with Gasteiger partial charge in [-0.15, -0.1) is 0 Å². The summed E-state index contributed by atoms with van der Waals surface area (Å²) in [5.41, 5.74) is 2.61. The van der Waals surface area contributed by atoms with Crippen LogP contribution in [-0.4, -0.2) is 11.7 Å². The Morgan fingerprint density at radius 3 is 1.57 bits per heavy atom. The first-order chi connectivity index (χ1) is 14.6. The van der Waals surface area contributed by atoms with Crippen molar-refractivity contribution >= 4 is 34.7 Å². The van der Waals surface area contributed by atoms with E-state index in [2.05, 4.69) is 0 Å². The molecule has 1 amide bonds. The molecule has 0 N–H and O–H groups in total. The molecule has 4 rings (SSSR count). The fourth-order valence-corrected chi connectivity index (χ4v) is 3.41. The van der Waals surface area contributed by atoms with E-state index in [4.69, 9.17) is 11.6 Å². The molecule has 0 aliphatic heterocycles. The molecule has 4 aromatic carbocycles. The molecule has 0 atom stereocenters. The number of amides is 1. The summed E-state index contributed by atoms with van der Waals surface area (Å²) in [5.74, 6) is -0.498. The number of carbonyl (C=O) groups is 2. The third kappa shape index (κ3) is 4.02. The van der Waals surface area contributed by atoms with E-state index in [1.165, 1.54) is 0 Å². The molecular weight excluding hydrogens is 394 g/mol. The van der Waals surface area contributed by atoms with E-state index in [9.17, 15) is 9.59 Å². The average Bonchev–Trinajstić information content (AvgIpc) is 2.81. The summed E-state index contributed by atoms with van der Waals surface area (Å²) in [7, 11) is 0. The largest absolute Gasteiger partial charge is 0.289 e. The number of rotatable bonds is 5. The van der Waals surface area contributed by atoms with Crippen molar-refractivity contribution in [1.82, 2.24) is 0 Å². The first-order valence-electron chi connectivity index (χ1n) is 9.49. The van der Waals surface area contributed by atoms with Gasteiger partial charge in [-0.2, -0.15) is 0 Å². The highest BCUT2D eigenvalue weighted by molar-refractivity contribution is 6.30. The zero-order valence-corrected chi connectivity index (χ0v) is 16.8. The summed E-state index contributed by atoms with van der Waals surface area (Å²) in [6.07, 6.45) is 0. The molecule has 30 heavy (non-hydrogen) atoms. The van der Waals surface area contributed by atoms with Gasteiger partial charge in [0.15, 0.2) is 5.78 Å². The lowest BCUT2D eigenvalue weighted by atomic mass is 9.97. The standard InChI is InChI=1S/C26H18ClNO2/c27-20-17-15-19(16-18-20)25(29)23-13-7-8-14-24(23)26(30)28(21-9-3-1-4-10-21)22-11-5-2-6-12-22/h1-18H. The molecule has 0 saturated heterocycles. The average molecular weight is 412 g/mol. The van der Waals surface area contributed by atoms with E-state index in [0.717, 1.165) is 11.4 Å². The molecular formula is C26H18ClNO2. The summed E-state index contributed by atoms with van der Waals surface area (Å²) in [6, 6.07) is 32.3. The molecule has 0 aliphatic rings. The summed E-state index contributed by atoms with van der Waals surface area (Å²) >= 11 is 5.95. The molecule has 0 heterocycles. The number of hydrogen-bond donors (Lipinski definition) is 0. The van der Waals surface area contributed by atoms with Crippen LogP contribution in [-0.2, 0) is 0 Å². The van der Waals surface area contributed by atoms with Crippen molar-refractivity contribution in [3.63, 3.8) is 0 Å². The molecule has 0 spiro atoms. The molecule has 0 bridgehead atoms. The Hall–Kier alpha value is -3.69. The Kier molecular flexibility index (Phi) is 5.73. The van der Waals surface area contributed by atoms with Gasteiger partial charge in [0.2, 0.25) is 0 Å². The van der Waals surface area contributed by atoms with Crippen molar-refractivity contribution in [3.05, 3.63) is 131 Å². The summed E-state index contributed by atoms with van der Waals surface area (Å²) in [5, 5.41) is 0.551. The van der Waals surface area contributed by atoms with Crippen molar-refractivity contribution in [2.45, 2.75) is 0 Å². The van der Waals surface area contributed by atoms with Crippen LogP contribution in [0.4, 0.5) is 11.4 Å². The SMILES string of the molecule is O=C(c1ccc(Cl)cc1)c1ccccc1C(=O)N(c1ccccc1)c1ccccc1. The second-order valence-corrected chi connectivity index (χ2v) is 7.13. The van der Waals surface area contributed by atoms with Gasteiger partial charge in [0.1, 0.15) is 0 Å². The van der Waals surface area contributed by atoms with Crippen LogP contribution in [0.1, 0.15) is 26.3 Å². The van der Waals surface area contributed by atoms with E-state index in [1.54, 1.807) is 53.4 Å². The first kappa shape index (κ1) is 19.6. The van der Waals surface area contributed by atoms with E-state index in [1.807, 2.05) is 60.7 Å². The zero-order chi connectivity index (χ0) is 20.9. The lowest BCUT2D eigenvalue weighted by molar-refractivity contribution is 0.0980. The van der Waals surface area contributed by atoms with Gasteiger partial charge < -0.3 is 0 Å². The highest BCUT2D eigenvalue weighted by Crippen LogP contribution is 2.28. The molecule has 3 nitrogen and oxygen atoms in total. The maximum absolute atomic E-state index is 13.7. The predicted molar refractivity (Wildman–Crippen MR) is 121 cm³/mol. The van der Waals surface area contributed by atoms with Gasteiger partial charge in [-0.1, -0.05) is 66.2 Å². The van der Waals surface area contributed by atoms with E-state index < -0.39 is 0 Å². The monoisotopic (exact) mass is 411 g/mol. The zero-order valence-electron chi connectivity index (χ0n) is 16.0. The van der Waals surface area contributed by atoms with Crippen molar-refractivity contribution in [2.24, 2.45) is 0 Å². The Morgan fingerprint density at radius 1 is 0.567 bits per heavy atom. The van der Waals surface area contributed by atoms with E-state index in [-0.39, 0.29) is 11.7 Å². The molecule has 0 radical (unpaired) electrons. The van der Waals surface area contributed by atoms with Crippen molar-refractivity contribution in [1.29, 1.82) is 0 Å². The number of carbonyl (C=O) groups excluding carboxylic acids is 2. The lowest BCUT2D eigenvalue weighted by Gasteiger charge is -2.24. The van der Waals surface area contributed by atoms with Gasteiger partial charge in [-0.3, -0.25) is 14.5 Å². The molecule has 0 fully saturated rings. The highest BCUT2D eigenvalue weighted by Gasteiger charge is 2.24. The molecule has 0 saturated carbocycles. The topological polar surface area (TPSA) is 37.4 Å². The van der Waals surface area contributed by atoms with Crippen LogP contribution >= 0.6 is 11.6 Å². The Balaban J connectivity index is 1.80. The molecule has 0 aliphatic carbocycles. The third-order valence-electron chi connectivity index (χ3n) is 4.74. The highest BCUT2D eigenvalue weighted by atomic mass is 35.5. The second kappa shape index (κ2) is 8.76. The van der Waals surface area contributed by atoms with Gasteiger partial charge in [0.25, 0.3) is 5.91 Å². The Bertz CT molecular complexity index is 1130. The Labute approximate surface area is 180 Å². The fourth-order valence-electron chi connectivity index (χ4n) is 3.28. The number of ketones is 1. The van der Waals surface area contributed by atoms with Gasteiger partial charge in [0, 0.05) is 27.5 Å². The number of hydrogen-bond acceptors (Lipinski definition) is 2. The number of para-hydroxylation sites is 2. The first-order valence-corrected chi connectivity index (χ1v) is 9.87. The van der Waals surface area contributed by atoms with Crippen LogP contribution in [0.25, 0.3) is 0 Å². The number of anilines is 2. The minimum Gasteiger partial charge on any atom is -0.289 e. The predicted octanol–water partition coefficient (Wildman–Crippen LogP) is 6.55. The number of halogens is 1. The normalized spacial score (nSPS) is 10.4. The quantitative estimate of drug-likeness (QED) is 0.349. The fraction of sp³-hybridized carbons (Fsp3) is 0. The van der Waals surface area contributed by atoms with Crippen molar-refractivity contribution < 1.29 is 9.59 Å². The van der Waals surface area contributed by atoms with Crippen LogP contribution in [0.2, 0.25) is 5.02 Å². The maximum Gasteiger partial charge on any atom is 0.263 e. The summed E-state index contributed by atoms with van der Waals surface area (Å²) in [4.78, 5) is 28.5. The second-order valence-electron chi connectivity index (χ2n) is 6.69. The summed E-state index contributed by atoms with van der Waals surface area (Å²) in [6.45, 7) is 0. The van der Waals surface area contributed by atoms with Crippen LogP contribution < -0.4 is 4.90 Å². The number of benzene rings is 4. The van der Waals surface area contributed by atoms with Gasteiger partial charge in [0.05, 0.1) is 5.56 Å². The van der Waals surface area contributed by atoms with Gasteiger partial charge in [-0.05, 0) is 54.6 Å². The molecule has 146 valence electrons. The molecule has 4 aromatic rings. The Morgan fingerprint density at radius 2 is 1.03 bits per heavy atom. The maximum atomic E-state index is 13.7. The number of nitrogens with zero attached hydrogens (tertiary/aromatic N) is 1. The lowest BCUT2D eigenvalue weighted by Crippen LogP contribution is -2.27. The smallest absolute Gasteiger partial charge is 0.263 e. The van der Waals surface area contributed by atoms with E-state index >= 15 is 0 Å². The van der Waals surface area contributed by atoms with E-state index in [0.29, 0.717) is 21.7 Å². The van der Waals surface area contributed by atoms with Gasteiger partial charge >= 0.3 is 0 Å². The summed E-state index contributed by atoms with van der Waals surface area (Å²) < 4.78 is 0. The van der Waals surface area contributed by atoms with Crippen LogP contribution in [0.15, 0.2) is 109 Å². The minimum absolute atomic E-state index is 0.225. The third-order valence-corrected chi connectivity index (χ3v) is 4.99. The van der Waals surface area contributed by atoms with Crippen LogP contribution in [0, 0.1) is 0 Å². The van der Waals surface area contributed by atoms with Gasteiger partial charge in [-0.25, -0.2) is 0 Å². The van der Waals surface area contributed by atoms with Crippen molar-refractivity contribution in [2.75, 3.05) is 4.90 Å². The molecule has 0 aromatic heterocycles. The molecule has 4 heteroatoms. The van der Waals surface area contributed by atoms with Crippen LogP contribution in [0.3, 0.4) is 0 Å². The molecule has 0 unspecified atom stereocenters. The van der Waals surface area contributed by atoms with Crippen molar-refractivity contribution in [3.8, 4) is 0 Å².